The lowest BCUT2D eigenvalue weighted by Crippen LogP contribution is -2.28. The average molecular weight is 400 g/mol. The molecule has 1 amide bonds. The van der Waals surface area contributed by atoms with Crippen LogP contribution in [0.2, 0.25) is 0 Å². The molecule has 0 unspecified atom stereocenters. The lowest BCUT2D eigenvalue weighted by molar-refractivity contribution is 0.0602. The van der Waals surface area contributed by atoms with Gasteiger partial charge in [-0.25, -0.2) is 4.79 Å². The van der Waals surface area contributed by atoms with Crippen LogP contribution >= 0.6 is 0 Å². The average Bonchev–Trinajstić information content (AvgIpc) is 2.79. The van der Waals surface area contributed by atoms with Crippen LogP contribution in [0.3, 0.4) is 0 Å². The molecule has 1 N–H and O–H groups in total. The molecule has 0 spiro atoms. The Balaban J connectivity index is 1.46. The number of carbonyl (C=O) groups is 2. The summed E-state index contributed by atoms with van der Waals surface area (Å²) in [7, 11) is 1.32. The van der Waals surface area contributed by atoms with Crippen LogP contribution in [0.25, 0.3) is 0 Å². The van der Waals surface area contributed by atoms with Gasteiger partial charge in [-0.2, -0.15) is 0 Å². The lowest BCUT2D eigenvalue weighted by Gasteiger charge is -2.31. The van der Waals surface area contributed by atoms with Gasteiger partial charge in [0.2, 0.25) is 0 Å². The number of para-hydroxylation sites is 2. The maximum absolute atomic E-state index is 12.7. The third kappa shape index (κ3) is 4.20. The van der Waals surface area contributed by atoms with Crippen LogP contribution in [-0.4, -0.2) is 25.5 Å². The van der Waals surface area contributed by atoms with E-state index in [1.807, 2.05) is 24.3 Å². The van der Waals surface area contributed by atoms with Gasteiger partial charge in [-0.05, 0) is 54.3 Å². The summed E-state index contributed by atoms with van der Waals surface area (Å²) in [5, 5.41) is 2.81. The first-order valence-corrected chi connectivity index (χ1v) is 10.1. The first-order valence-electron chi connectivity index (χ1n) is 10.1. The van der Waals surface area contributed by atoms with E-state index in [4.69, 9.17) is 4.74 Å². The van der Waals surface area contributed by atoms with Gasteiger partial charge < -0.3 is 15.0 Å². The number of fused-ring (bicyclic) bond motifs is 1. The van der Waals surface area contributed by atoms with Crippen molar-refractivity contribution in [3.05, 3.63) is 95.1 Å². The van der Waals surface area contributed by atoms with Crippen molar-refractivity contribution in [3.63, 3.8) is 0 Å². The third-order valence-corrected chi connectivity index (χ3v) is 5.38. The molecule has 5 nitrogen and oxygen atoms in total. The highest BCUT2D eigenvalue weighted by atomic mass is 16.5. The molecule has 0 radical (unpaired) electrons. The molecule has 1 aliphatic heterocycles. The number of nitrogens with zero attached hydrogens (tertiary/aromatic N) is 1. The molecule has 3 aromatic rings. The van der Waals surface area contributed by atoms with E-state index in [1.165, 1.54) is 18.4 Å². The Morgan fingerprint density at radius 1 is 0.967 bits per heavy atom. The van der Waals surface area contributed by atoms with E-state index >= 15 is 0 Å². The highest BCUT2D eigenvalue weighted by Crippen LogP contribution is 2.28. The quantitative estimate of drug-likeness (QED) is 0.632. The minimum atomic E-state index is -0.483. The van der Waals surface area contributed by atoms with E-state index in [-0.39, 0.29) is 5.91 Å². The number of carbonyl (C=O) groups excluding carboxylic acids is 2. The molecule has 0 aromatic heterocycles. The summed E-state index contributed by atoms with van der Waals surface area (Å²) < 4.78 is 4.78. The molecule has 3 aromatic carbocycles. The number of methoxy groups -OCH3 is 1. The molecule has 30 heavy (non-hydrogen) atoms. The van der Waals surface area contributed by atoms with E-state index in [9.17, 15) is 9.59 Å². The lowest BCUT2D eigenvalue weighted by atomic mass is 10.0. The normalized spacial score (nSPS) is 12.8. The van der Waals surface area contributed by atoms with Crippen LogP contribution in [0.5, 0.6) is 0 Å². The molecule has 0 saturated carbocycles. The Bertz CT molecular complexity index is 1060. The van der Waals surface area contributed by atoms with Gasteiger partial charge in [0.05, 0.1) is 18.4 Å². The van der Waals surface area contributed by atoms with Crippen molar-refractivity contribution >= 4 is 23.3 Å². The first kappa shape index (κ1) is 19.7. The molecule has 152 valence electrons. The van der Waals surface area contributed by atoms with Crippen LogP contribution < -0.4 is 10.2 Å². The third-order valence-electron chi connectivity index (χ3n) is 5.38. The topological polar surface area (TPSA) is 58.6 Å². The van der Waals surface area contributed by atoms with Gasteiger partial charge in [0.15, 0.2) is 0 Å². The van der Waals surface area contributed by atoms with Gasteiger partial charge in [0.25, 0.3) is 5.91 Å². The van der Waals surface area contributed by atoms with E-state index in [0.717, 1.165) is 31.5 Å². The Morgan fingerprint density at radius 2 is 1.70 bits per heavy atom. The van der Waals surface area contributed by atoms with Gasteiger partial charge in [0.1, 0.15) is 0 Å². The molecule has 0 aliphatic carbocycles. The zero-order valence-electron chi connectivity index (χ0n) is 16.9. The van der Waals surface area contributed by atoms with Crippen LogP contribution in [0.15, 0.2) is 72.8 Å². The molecule has 0 saturated heterocycles. The fraction of sp³-hybridized carbons (Fsp3) is 0.200. The number of benzene rings is 3. The summed E-state index contributed by atoms with van der Waals surface area (Å²) in [5.74, 6) is -0.746. The first-order chi connectivity index (χ1) is 14.7. The zero-order valence-corrected chi connectivity index (χ0v) is 16.9. The van der Waals surface area contributed by atoms with E-state index in [1.54, 1.807) is 24.3 Å². The fourth-order valence-electron chi connectivity index (χ4n) is 3.83. The van der Waals surface area contributed by atoms with Crippen LogP contribution in [0.4, 0.5) is 11.4 Å². The van der Waals surface area contributed by atoms with Gasteiger partial charge in [0, 0.05) is 24.3 Å². The Morgan fingerprint density at radius 3 is 2.50 bits per heavy atom. The van der Waals surface area contributed by atoms with E-state index < -0.39 is 5.97 Å². The Kier molecular flexibility index (Phi) is 5.80. The number of anilines is 2. The summed E-state index contributed by atoms with van der Waals surface area (Å²) in [6.45, 7) is 1.84. The molecule has 4 rings (SSSR count). The highest BCUT2D eigenvalue weighted by Gasteiger charge is 2.17. The second-order valence-corrected chi connectivity index (χ2v) is 7.34. The highest BCUT2D eigenvalue weighted by molar-refractivity contribution is 6.08. The fourth-order valence-corrected chi connectivity index (χ4v) is 3.83. The van der Waals surface area contributed by atoms with Crippen LogP contribution in [0.1, 0.15) is 38.3 Å². The smallest absolute Gasteiger partial charge is 0.339 e. The molecule has 1 heterocycles. The van der Waals surface area contributed by atoms with Crippen molar-refractivity contribution < 1.29 is 14.3 Å². The number of esters is 1. The second-order valence-electron chi connectivity index (χ2n) is 7.34. The molecule has 0 bridgehead atoms. The van der Waals surface area contributed by atoms with E-state index in [2.05, 4.69) is 34.5 Å². The summed E-state index contributed by atoms with van der Waals surface area (Å²) >= 11 is 0. The number of amides is 1. The predicted molar refractivity (Wildman–Crippen MR) is 118 cm³/mol. The molecular formula is C25H24N2O3. The summed E-state index contributed by atoms with van der Waals surface area (Å²) in [4.78, 5) is 27.0. The molecular weight excluding hydrogens is 376 g/mol. The largest absolute Gasteiger partial charge is 0.465 e. The monoisotopic (exact) mass is 400 g/mol. The van der Waals surface area contributed by atoms with Crippen LogP contribution in [0, 0.1) is 0 Å². The maximum Gasteiger partial charge on any atom is 0.339 e. The Labute approximate surface area is 176 Å². The van der Waals surface area contributed by atoms with Crippen molar-refractivity contribution in [2.24, 2.45) is 0 Å². The predicted octanol–water partition coefficient (Wildman–Crippen LogP) is 4.68. The molecule has 1 aliphatic rings. The molecule has 0 atom stereocenters. The van der Waals surface area contributed by atoms with Crippen molar-refractivity contribution in [1.29, 1.82) is 0 Å². The van der Waals surface area contributed by atoms with E-state index in [0.29, 0.717) is 16.8 Å². The number of hydrogen-bond donors (Lipinski definition) is 1. The van der Waals surface area contributed by atoms with Gasteiger partial charge in [-0.15, -0.1) is 0 Å². The minimum absolute atomic E-state index is 0.263. The van der Waals surface area contributed by atoms with Gasteiger partial charge in [-0.3, -0.25) is 4.79 Å². The summed E-state index contributed by atoms with van der Waals surface area (Å²) in [5.41, 5.74) is 5.14. The van der Waals surface area contributed by atoms with Crippen molar-refractivity contribution in [2.75, 3.05) is 23.9 Å². The van der Waals surface area contributed by atoms with Gasteiger partial charge >= 0.3 is 5.97 Å². The minimum Gasteiger partial charge on any atom is -0.465 e. The summed E-state index contributed by atoms with van der Waals surface area (Å²) in [6.07, 6.45) is 2.27. The molecule has 5 heteroatoms. The van der Waals surface area contributed by atoms with Crippen molar-refractivity contribution in [2.45, 2.75) is 19.4 Å². The second kappa shape index (κ2) is 8.82. The maximum atomic E-state index is 12.7. The SMILES string of the molecule is COC(=O)c1ccccc1NC(=O)c1ccc(CN2CCCc3ccccc32)cc1. The zero-order chi connectivity index (χ0) is 20.9. The number of ether oxygens (including phenoxy) is 1. The standard InChI is InChI=1S/C25H24N2O3/c1-30-25(29)21-9-3-4-10-22(21)26-24(28)20-14-12-18(13-15-20)17-27-16-6-8-19-7-2-5-11-23(19)27/h2-5,7,9-15H,6,8,16-17H2,1H3,(H,26,28). The number of aryl methyl sites for hydroxylation is 1. The molecule has 0 fully saturated rings. The number of hydrogen-bond acceptors (Lipinski definition) is 4. The van der Waals surface area contributed by atoms with Crippen molar-refractivity contribution in [1.82, 2.24) is 0 Å². The van der Waals surface area contributed by atoms with Crippen LogP contribution in [-0.2, 0) is 17.7 Å². The van der Waals surface area contributed by atoms with Crippen molar-refractivity contribution in [3.8, 4) is 0 Å². The number of rotatable bonds is 5. The van der Waals surface area contributed by atoms with Gasteiger partial charge in [-0.1, -0.05) is 42.5 Å². The number of nitrogens with one attached hydrogen (secondary N) is 1. The Hall–Kier alpha value is -3.60. The summed E-state index contributed by atoms with van der Waals surface area (Å²) in [6, 6.07) is 23.0.